The molecule has 0 radical (unpaired) electrons. The van der Waals surface area contributed by atoms with Crippen LogP contribution in [0.25, 0.3) is 11.1 Å². The molecule has 0 heterocycles. The minimum atomic E-state index is -2.04. The molecule has 0 aliphatic heterocycles. The SMILES string of the molecule is C[C](C)=[Zr+2]([C]1=C(C(C)(C)C)C=CC1)[c]1cccc2c1Cc1ccccc1-2.[Cl-].[Cl-]. The molecule has 0 nitrogen and oxygen atoms in total. The van der Waals surface area contributed by atoms with E-state index in [1.54, 1.807) is 20.9 Å². The van der Waals surface area contributed by atoms with E-state index in [2.05, 4.69) is 89.2 Å². The van der Waals surface area contributed by atoms with Crippen molar-refractivity contribution in [3.63, 3.8) is 0 Å². The minimum absolute atomic E-state index is 0. The van der Waals surface area contributed by atoms with Crippen LogP contribution >= 0.6 is 0 Å². The van der Waals surface area contributed by atoms with Crippen molar-refractivity contribution in [2.75, 3.05) is 0 Å². The fourth-order valence-corrected chi connectivity index (χ4v) is 12.7. The third-order valence-corrected chi connectivity index (χ3v) is 13.2. The summed E-state index contributed by atoms with van der Waals surface area (Å²) in [5.41, 5.74) is 7.92. The molecule has 2 aromatic carbocycles. The quantitative estimate of drug-likeness (QED) is 0.474. The zero-order chi connectivity index (χ0) is 18.5. The van der Waals surface area contributed by atoms with Gasteiger partial charge in [0.2, 0.25) is 0 Å². The average Bonchev–Trinajstić information content (AvgIpc) is 3.19. The van der Waals surface area contributed by atoms with Crippen molar-refractivity contribution < 1.29 is 46.1 Å². The summed E-state index contributed by atoms with van der Waals surface area (Å²) >= 11 is -2.04. The van der Waals surface area contributed by atoms with Crippen molar-refractivity contribution in [1.82, 2.24) is 0 Å². The van der Waals surface area contributed by atoms with Crippen LogP contribution in [-0.2, 0) is 27.7 Å². The first kappa shape index (κ1) is 23.5. The van der Waals surface area contributed by atoms with Crippen LogP contribution in [0.15, 0.2) is 63.5 Å². The van der Waals surface area contributed by atoms with Crippen molar-refractivity contribution in [3.8, 4) is 11.1 Å². The summed E-state index contributed by atoms with van der Waals surface area (Å²) in [5, 5.41) is 0. The van der Waals surface area contributed by atoms with Gasteiger partial charge in [-0.2, -0.15) is 0 Å². The van der Waals surface area contributed by atoms with Gasteiger partial charge < -0.3 is 24.8 Å². The zero-order valence-electron chi connectivity index (χ0n) is 17.4. The molecule has 0 aromatic heterocycles. The van der Waals surface area contributed by atoms with Gasteiger partial charge in [0.1, 0.15) is 0 Å². The molecule has 0 saturated heterocycles. The van der Waals surface area contributed by atoms with Gasteiger partial charge >= 0.3 is 166 Å². The molecule has 2 aliphatic rings. The van der Waals surface area contributed by atoms with Crippen LogP contribution in [0.3, 0.4) is 0 Å². The minimum Gasteiger partial charge on any atom is -1.00 e. The molecule has 0 atom stereocenters. The van der Waals surface area contributed by atoms with E-state index in [1.807, 2.05) is 0 Å². The molecule has 146 valence electrons. The first-order valence-corrected chi connectivity index (χ1v) is 13.3. The van der Waals surface area contributed by atoms with Crippen molar-refractivity contribution in [2.45, 2.75) is 47.5 Å². The van der Waals surface area contributed by atoms with Gasteiger partial charge in [0.25, 0.3) is 0 Å². The summed E-state index contributed by atoms with van der Waals surface area (Å²) in [6.07, 6.45) is 7.10. The smallest absolute Gasteiger partial charge is 1.00 e. The fraction of sp³-hybridized carbons (Fsp3) is 0.320. The maximum atomic E-state index is 2.46. The standard InChI is InChI=1S/C13H9.C9H13.C3H6.2ClH.Zr/c1-3-7-12-10(5-1)9-11-6-2-4-8-13(11)12;1-9(2,3)8-6-4-5-7-8;1-3-2;;;/h1-5,7-8H,9H2;4,6H,5H2,1-3H3;1-2H3;2*1H;/q;;;;;+2/p-2. The molecule has 0 bridgehead atoms. The monoisotopic (exact) mass is 488 g/mol. The Labute approximate surface area is 190 Å². The van der Waals surface area contributed by atoms with E-state index in [9.17, 15) is 0 Å². The van der Waals surface area contributed by atoms with E-state index in [4.69, 9.17) is 0 Å². The number of hydrogen-bond acceptors (Lipinski definition) is 0. The Balaban J connectivity index is 0.00000140. The number of fused-ring (bicyclic) bond motifs is 3. The van der Waals surface area contributed by atoms with Gasteiger partial charge in [-0.05, 0) is 0 Å². The van der Waals surface area contributed by atoms with E-state index >= 15 is 0 Å². The van der Waals surface area contributed by atoms with Gasteiger partial charge in [-0.25, -0.2) is 0 Å². The van der Waals surface area contributed by atoms with Crippen molar-refractivity contribution >= 4 is 6.48 Å². The van der Waals surface area contributed by atoms with Crippen LogP contribution in [0.2, 0.25) is 0 Å². The molecule has 0 saturated carbocycles. The van der Waals surface area contributed by atoms with Crippen LogP contribution < -0.4 is 28.1 Å². The second-order valence-corrected chi connectivity index (χ2v) is 15.9. The number of rotatable bonds is 2. The molecule has 2 aliphatic carbocycles. The number of hydrogen-bond donors (Lipinski definition) is 0. The molecule has 3 heteroatoms. The van der Waals surface area contributed by atoms with Crippen LogP contribution in [0.4, 0.5) is 0 Å². The molecule has 0 unspecified atom stereocenters. The van der Waals surface area contributed by atoms with Crippen molar-refractivity contribution in [1.29, 1.82) is 0 Å². The summed E-state index contributed by atoms with van der Waals surface area (Å²) in [5.74, 6) is 0. The first-order chi connectivity index (χ1) is 12.4. The normalized spacial score (nSPS) is 13.9. The molecule has 28 heavy (non-hydrogen) atoms. The van der Waals surface area contributed by atoms with Gasteiger partial charge in [-0.15, -0.1) is 0 Å². The van der Waals surface area contributed by atoms with Crippen LogP contribution in [0.1, 0.15) is 52.2 Å². The third-order valence-electron chi connectivity index (χ3n) is 5.66. The zero-order valence-corrected chi connectivity index (χ0v) is 21.3. The predicted octanol–water partition coefficient (Wildman–Crippen LogP) is -0.0184. The van der Waals surface area contributed by atoms with E-state index < -0.39 is 21.3 Å². The Morgan fingerprint density at radius 3 is 2.25 bits per heavy atom. The molecule has 0 spiro atoms. The summed E-state index contributed by atoms with van der Waals surface area (Å²) in [4.78, 5) is 0. The van der Waals surface area contributed by atoms with E-state index in [0.717, 1.165) is 6.42 Å². The molecule has 0 amide bonds. The van der Waals surface area contributed by atoms with Gasteiger partial charge in [0.15, 0.2) is 0 Å². The van der Waals surface area contributed by atoms with Gasteiger partial charge in [0.05, 0.1) is 0 Å². The van der Waals surface area contributed by atoms with E-state index in [1.165, 1.54) is 23.1 Å². The Morgan fingerprint density at radius 2 is 1.57 bits per heavy atom. The molecular formula is C25H28Cl2Zr. The fourth-order valence-electron chi connectivity index (χ4n) is 4.57. The Hall–Kier alpha value is -0.747. The van der Waals surface area contributed by atoms with Gasteiger partial charge in [-0.3, -0.25) is 0 Å². The predicted molar refractivity (Wildman–Crippen MR) is 111 cm³/mol. The number of halogens is 2. The average molecular weight is 491 g/mol. The second-order valence-electron chi connectivity index (χ2n) is 8.79. The largest absolute Gasteiger partial charge is 1.00 e. The van der Waals surface area contributed by atoms with Crippen molar-refractivity contribution in [3.05, 3.63) is 74.6 Å². The Bertz CT molecular complexity index is 984. The molecule has 2 aromatic rings. The molecule has 0 N–H and O–H groups in total. The Kier molecular flexibility index (Phi) is 7.52. The maximum absolute atomic E-state index is 2.46. The molecule has 4 rings (SSSR count). The molecule has 0 fully saturated rings. The van der Waals surface area contributed by atoms with E-state index in [0.29, 0.717) is 0 Å². The van der Waals surface area contributed by atoms with Crippen LogP contribution in [0.5, 0.6) is 0 Å². The summed E-state index contributed by atoms with van der Waals surface area (Å²) in [7, 11) is 0. The number of benzene rings is 2. The van der Waals surface area contributed by atoms with Crippen LogP contribution in [0, 0.1) is 5.41 Å². The maximum Gasteiger partial charge on any atom is -1.00 e. The summed E-state index contributed by atoms with van der Waals surface area (Å²) in [6.45, 7) is 11.9. The van der Waals surface area contributed by atoms with E-state index in [-0.39, 0.29) is 30.2 Å². The van der Waals surface area contributed by atoms with Gasteiger partial charge in [-0.1, -0.05) is 0 Å². The summed E-state index contributed by atoms with van der Waals surface area (Å²) < 4.78 is 5.20. The molecular weight excluding hydrogens is 462 g/mol. The Morgan fingerprint density at radius 1 is 0.893 bits per heavy atom. The third kappa shape index (κ3) is 4.09. The van der Waals surface area contributed by atoms with Crippen LogP contribution in [-0.4, -0.2) is 3.21 Å². The van der Waals surface area contributed by atoms with Crippen molar-refractivity contribution in [2.24, 2.45) is 5.41 Å². The first-order valence-electron chi connectivity index (χ1n) is 9.66. The second kappa shape index (κ2) is 8.95. The van der Waals surface area contributed by atoms with Gasteiger partial charge in [0, 0.05) is 0 Å². The summed E-state index contributed by atoms with van der Waals surface area (Å²) in [6, 6.07) is 16.1. The number of allylic oxidation sites excluding steroid dienone is 4. The topological polar surface area (TPSA) is 0 Å².